The van der Waals surface area contributed by atoms with Crippen molar-refractivity contribution < 1.29 is 26.4 Å². The van der Waals surface area contributed by atoms with Crippen LogP contribution in [0.3, 0.4) is 0 Å². The molecular formula is C23H23F3N4O3S. The van der Waals surface area contributed by atoms with E-state index in [-0.39, 0.29) is 23.5 Å². The van der Waals surface area contributed by atoms with Crippen molar-refractivity contribution in [3.8, 4) is 0 Å². The van der Waals surface area contributed by atoms with Crippen molar-refractivity contribution in [3.05, 3.63) is 89.6 Å². The number of carbonyl (C=O) groups excluding carboxylic acids is 1. The molecule has 1 heterocycles. The van der Waals surface area contributed by atoms with Crippen molar-refractivity contribution in [1.29, 1.82) is 0 Å². The smallest absolute Gasteiger partial charge is 0.370 e. The molecule has 0 fully saturated rings. The second-order valence-electron chi connectivity index (χ2n) is 7.30. The topological polar surface area (TPSA) is 100 Å². The molecule has 0 aliphatic rings. The molecule has 0 aliphatic carbocycles. The Kier molecular flexibility index (Phi) is 8.24. The van der Waals surface area contributed by atoms with Crippen LogP contribution in [-0.2, 0) is 22.7 Å². The first kappa shape index (κ1) is 25.2. The third-order valence-corrected chi connectivity index (χ3v) is 6.15. The maximum absolute atomic E-state index is 12.6. The zero-order valence-corrected chi connectivity index (χ0v) is 18.8. The Morgan fingerprint density at radius 3 is 2.38 bits per heavy atom. The average Bonchev–Trinajstić information content (AvgIpc) is 2.83. The fourth-order valence-electron chi connectivity index (χ4n) is 2.94. The SMILES string of the molecule is O=C(NCCCNc1ccc(C(F)(F)F)cn1)c1cccc(S(=O)(=O)NCc2ccccc2)c1. The lowest BCUT2D eigenvalue weighted by Gasteiger charge is -2.10. The molecular weight excluding hydrogens is 469 g/mol. The summed E-state index contributed by atoms with van der Waals surface area (Å²) >= 11 is 0. The Bertz CT molecular complexity index is 1200. The zero-order chi connectivity index (χ0) is 24.6. The molecule has 0 unspecified atom stereocenters. The molecule has 3 aromatic rings. The molecule has 3 rings (SSSR count). The van der Waals surface area contributed by atoms with Crippen LogP contribution in [0.15, 0.2) is 77.8 Å². The van der Waals surface area contributed by atoms with Gasteiger partial charge in [0.15, 0.2) is 0 Å². The molecule has 3 N–H and O–H groups in total. The standard InChI is InChI=1S/C23H23F3N4O3S/c24-23(25,26)19-10-11-21(29-16-19)27-12-5-13-28-22(31)18-8-4-9-20(14-18)34(32,33)30-15-17-6-2-1-3-7-17/h1-4,6-11,14,16,30H,5,12-13,15H2,(H,27,29)(H,28,31). The number of nitrogens with zero attached hydrogens (tertiary/aromatic N) is 1. The van der Waals surface area contributed by atoms with Gasteiger partial charge in [-0.25, -0.2) is 18.1 Å². The predicted molar refractivity (Wildman–Crippen MR) is 122 cm³/mol. The normalized spacial score (nSPS) is 11.7. The summed E-state index contributed by atoms with van der Waals surface area (Å²) < 4.78 is 65.3. The maximum atomic E-state index is 12.6. The number of aromatic nitrogens is 1. The summed E-state index contributed by atoms with van der Waals surface area (Å²) in [6.45, 7) is 0.770. The van der Waals surface area contributed by atoms with E-state index >= 15 is 0 Å². The second-order valence-corrected chi connectivity index (χ2v) is 9.07. The largest absolute Gasteiger partial charge is 0.417 e. The Hall–Kier alpha value is -3.44. The molecule has 34 heavy (non-hydrogen) atoms. The lowest BCUT2D eigenvalue weighted by atomic mass is 10.2. The molecule has 0 spiro atoms. The fraction of sp³-hybridized carbons (Fsp3) is 0.217. The first-order chi connectivity index (χ1) is 16.1. The molecule has 0 bridgehead atoms. The molecule has 0 atom stereocenters. The summed E-state index contributed by atoms with van der Waals surface area (Å²) in [4.78, 5) is 16.1. The van der Waals surface area contributed by atoms with E-state index in [0.717, 1.165) is 17.8 Å². The van der Waals surface area contributed by atoms with Gasteiger partial charge < -0.3 is 10.6 Å². The van der Waals surface area contributed by atoms with Gasteiger partial charge in [-0.3, -0.25) is 4.79 Å². The third-order valence-electron chi connectivity index (χ3n) is 4.75. The Labute approximate surface area is 195 Å². The lowest BCUT2D eigenvalue weighted by Crippen LogP contribution is -2.27. The average molecular weight is 493 g/mol. The highest BCUT2D eigenvalue weighted by atomic mass is 32.2. The summed E-state index contributed by atoms with van der Waals surface area (Å²) in [7, 11) is -3.80. The summed E-state index contributed by atoms with van der Waals surface area (Å²) in [5, 5.41) is 5.56. The van der Waals surface area contributed by atoms with Crippen molar-refractivity contribution in [1.82, 2.24) is 15.0 Å². The van der Waals surface area contributed by atoms with Crippen molar-refractivity contribution in [2.75, 3.05) is 18.4 Å². The number of amides is 1. The van der Waals surface area contributed by atoms with Crippen molar-refractivity contribution in [2.24, 2.45) is 0 Å². The molecule has 1 aromatic heterocycles. The fourth-order valence-corrected chi connectivity index (χ4v) is 4.00. The molecule has 7 nitrogen and oxygen atoms in total. The van der Waals surface area contributed by atoms with E-state index in [1.807, 2.05) is 18.2 Å². The number of hydrogen-bond donors (Lipinski definition) is 3. The van der Waals surface area contributed by atoms with E-state index in [1.165, 1.54) is 30.3 Å². The monoisotopic (exact) mass is 492 g/mol. The van der Waals surface area contributed by atoms with E-state index < -0.39 is 27.7 Å². The van der Waals surface area contributed by atoms with Crippen LogP contribution in [-0.4, -0.2) is 32.4 Å². The van der Waals surface area contributed by atoms with E-state index in [0.29, 0.717) is 18.8 Å². The Balaban J connectivity index is 1.46. The maximum Gasteiger partial charge on any atom is 0.417 e. The highest BCUT2D eigenvalue weighted by Crippen LogP contribution is 2.28. The lowest BCUT2D eigenvalue weighted by molar-refractivity contribution is -0.137. The van der Waals surface area contributed by atoms with Crippen molar-refractivity contribution >= 4 is 21.7 Å². The molecule has 180 valence electrons. The molecule has 1 amide bonds. The summed E-state index contributed by atoms with van der Waals surface area (Å²) in [5.41, 5.74) is 0.171. The molecule has 11 heteroatoms. The summed E-state index contributed by atoms with van der Waals surface area (Å²) in [6, 6.07) is 16.9. The number of anilines is 1. The first-order valence-electron chi connectivity index (χ1n) is 10.3. The quantitative estimate of drug-likeness (QED) is 0.374. The minimum atomic E-state index is -4.44. The van der Waals surface area contributed by atoms with Gasteiger partial charge in [-0.15, -0.1) is 0 Å². The Morgan fingerprint density at radius 2 is 1.71 bits per heavy atom. The minimum absolute atomic E-state index is 0.0221. The molecule has 0 radical (unpaired) electrons. The van der Waals surface area contributed by atoms with Crippen LogP contribution >= 0.6 is 0 Å². The predicted octanol–water partition coefficient (Wildman–Crippen LogP) is 3.81. The van der Waals surface area contributed by atoms with Gasteiger partial charge in [-0.2, -0.15) is 13.2 Å². The second kappa shape index (κ2) is 11.1. The van der Waals surface area contributed by atoms with Crippen LogP contribution < -0.4 is 15.4 Å². The molecule has 0 aliphatic heterocycles. The number of alkyl halides is 3. The summed E-state index contributed by atoms with van der Waals surface area (Å²) in [5.74, 6) is -0.145. The van der Waals surface area contributed by atoms with Gasteiger partial charge in [-0.1, -0.05) is 36.4 Å². The van der Waals surface area contributed by atoms with Crippen LogP contribution in [0.4, 0.5) is 19.0 Å². The number of pyridine rings is 1. The van der Waals surface area contributed by atoms with E-state index in [2.05, 4.69) is 20.3 Å². The molecule has 2 aromatic carbocycles. The first-order valence-corrected chi connectivity index (χ1v) is 11.8. The van der Waals surface area contributed by atoms with Crippen LogP contribution in [0, 0.1) is 0 Å². The van der Waals surface area contributed by atoms with Crippen LogP contribution in [0.5, 0.6) is 0 Å². The van der Waals surface area contributed by atoms with Gasteiger partial charge in [0.05, 0.1) is 10.5 Å². The van der Waals surface area contributed by atoms with Gasteiger partial charge in [0.2, 0.25) is 10.0 Å². The van der Waals surface area contributed by atoms with E-state index in [4.69, 9.17) is 0 Å². The van der Waals surface area contributed by atoms with Gasteiger partial charge >= 0.3 is 6.18 Å². The number of nitrogens with one attached hydrogen (secondary N) is 3. The zero-order valence-electron chi connectivity index (χ0n) is 18.0. The van der Waals surface area contributed by atoms with Gasteiger partial charge in [0.25, 0.3) is 5.91 Å². The number of halogens is 3. The summed E-state index contributed by atoms with van der Waals surface area (Å²) in [6.07, 6.45) is -3.21. The highest BCUT2D eigenvalue weighted by molar-refractivity contribution is 7.89. The van der Waals surface area contributed by atoms with Crippen molar-refractivity contribution in [3.63, 3.8) is 0 Å². The third kappa shape index (κ3) is 7.29. The van der Waals surface area contributed by atoms with Crippen LogP contribution in [0.1, 0.15) is 27.9 Å². The number of hydrogen-bond acceptors (Lipinski definition) is 5. The van der Waals surface area contributed by atoms with Gasteiger partial charge in [-0.05, 0) is 42.3 Å². The van der Waals surface area contributed by atoms with E-state index in [9.17, 15) is 26.4 Å². The number of sulfonamides is 1. The van der Waals surface area contributed by atoms with Crippen LogP contribution in [0.2, 0.25) is 0 Å². The van der Waals surface area contributed by atoms with Crippen molar-refractivity contribution in [2.45, 2.75) is 24.0 Å². The molecule has 0 saturated carbocycles. The van der Waals surface area contributed by atoms with Crippen LogP contribution in [0.25, 0.3) is 0 Å². The van der Waals surface area contributed by atoms with Gasteiger partial charge in [0, 0.05) is 31.4 Å². The number of rotatable bonds is 10. The number of benzene rings is 2. The number of carbonyl (C=O) groups is 1. The Morgan fingerprint density at radius 1 is 0.941 bits per heavy atom. The highest BCUT2D eigenvalue weighted by Gasteiger charge is 2.30. The molecule has 0 saturated heterocycles. The van der Waals surface area contributed by atoms with Gasteiger partial charge in [0.1, 0.15) is 5.82 Å². The minimum Gasteiger partial charge on any atom is -0.370 e. The van der Waals surface area contributed by atoms with E-state index in [1.54, 1.807) is 12.1 Å².